The number of aryl methyl sites for hydroxylation is 1. The van der Waals surface area contributed by atoms with Gasteiger partial charge in [-0.3, -0.25) is 25.0 Å². The van der Waals surface area contributed by atoms with Gasteiger partial charge in [0.05, 0.1) is 15.4 Å². The molecule has 1 N–H and O–H groups in total. The molecule has 0 unspecified atom stereocenters. The highest BCUT2D eigenvalue weighted by Crippen LogP contribution is 2.35. The van der Waals surface area contributed by atoms with Gasteiger partial charge in [0.15, 0.2) is 5.02 Å². The van der Waals surface area contributed by atoms with Crippen molar-refractivity contribution in [3.8, 4) is 0 Å². The van der Waals surface area contributed by atoms with Gasteiger partial charge in [0.2, 0.25) is 0 Å². The zero-order chi connectivity index (χ0) is 17.1. The number of benzene rings is 2. The van der Waals surface area contributed by atoms with Crippen LogP contribution in [0.1, 0.15) is 15.9 Å². The largest absolute Gasteiger partial charge is 0.322 e. The lowest BCUT2D eigenvalue weighted by Crippen LogP contribution is -2.13. The van der Waals surface area contributed by atoms with E-state index in [-0.39, 0.29) is 5.56 Å². The summed E-state index contributed by atoms with van der Waals surface area (Å²) in [6, 6.07) is 8.71. The maximum atomic E-state index is 12.2. The van der Waals surface area contributed by atoms with Crippen molar-refractivity contribution >= 4 is 34.6 Å². The molecule has 2 rings (SSSR count). The Morgan fingerprint density at radius 1 is 1.09 bits per heavy atom. The van der Waals surface area contributed by atoms with E-state index in [1.165, 1.54) is 0 Å². The molecule has 8 nitrogen and oxygen atoms in total. The topological polar surface area (TPSA) is 115 Å². The van der Waals surface area contributed by atoms with Gasteiger partial charge in [-0.15, -0.1) is 0 Å². The molecule has 0 atom stereocenters. The molecule has 0 heterocycles. The number of nitrogens with one attached hydrogen (secondary N) is 1. The number of nitro benzene ring substituents is 2. The molecule has 2 aromatic rings. The fourth-order valence-electron chi connectivity index (χ4n) is 1.90. The summed E-state index contributed by atoms with van der Waals surface area (Å²) in [5, 5.41) is 23.8. The van der Waals surface area contributed by atoms with Crippen molar-refractivity contribution in [1.29, 1.82) is 0 Å². The van der Waals surface area contributed by atoms with Crippen LogP contribution in [0.3, 0.4) is 0 Å². The molecule has 0 bridgehead atoms. The fraction of sp³-hybridized carbons (Fsp3) is 0.0714. The number of carbonyl (C=O) groups excluding carboxylic acids is 1. The highest BCUT2D eigenvalue weighted by Gasteiger charge is 2.27. The Balaban J connectivity index is 2.46. The molecule has 0 aliphatic carbocycles. The minimum Gasteiger partial charge on any atom is -0.322 e. The summed E-state index contributed by atoms with van der Waals surface area (Å²) in [6.07, 6.45) is 0. The molecule has 0 radical (unpaired) electrons. The van der Waals surface area contributed by atoms with Crippen LogP contribution < -0.4 is 5.32 Å². The van der Waals surface area contributed by atoms with E-state index in [2.05, 4.69) is 5.32 Å². The summed E-state index contributed by atoms with van der Waals surface area (Å²) in [5.74, 6) is -0.706. The lowest BCUT2D eigenvalue weighted by atomic mass is 10.1. The van der Waals surface area contributed by atoms with Gasteiger partial charge in [-0.2, -0.15) is 0 Å². The molecule has 1 amide bonds. The van der Waals surface area contributed by atoms with E-state index in [0.29, 0.717) is 5.69 Å². The van der Waals surface area contributed by atoms with Crippen molar-refractivity contribution in [2.24, 2.45) is 0 Å². The van der Waals surface area contributed by atoms with E-state index in [4.69, 9.17) is 11.6 Å². The highest BCUT2D eigenvalue weighted by atomic mass is 35.5. The first-order valence-electron chi connectivity index (χ1n) is 6.30. The number of hydrogen-bond donors (Lipinski definition) is 1. The zero-order valence-corrected chi connectivity index (χ0v) is 12.5. The molecule has 0 spiro atoms. The van der Waals surface area contributed by atoms with Gasteiger partial charge >= 0.3 is 0 Å². The average Bonchev–Trinajstić information content (AvgIpc) is 2.49. The number of nitro groups is 2. The molecule has 0 aliphatic rings. The molecule has 0 fully saturated rings. The minimum absolute atomic E-state index is 0.226. The summed E-state index contributed by atoms with van der Waals surface area (Å²) in [4.78, 5) is 32.4. The molecule has 0 aromatic heterocycles. The van der Waals surface area contributed by atoms with Gasteiger partial charge in [-0.25, -0.2) is 0 Å². The number of halogens is 1. The molecule has 0 saturated heterocycles. The van der Waals surface area contributed by atoms with Crippen molar-refractivity contribution in [3.63, 3.8) is 0 Å². The van der Waals surface area contributed by atoms with Crippen LogP contribution in [0, 0.1) is 27.2 Å². The first-order valence-corrected chi connectivity index (χ1v) is 6.68. The van der Waals surface area contributed by atoms with Crippen molar-refractivity contribution < 1.29 is 14.6 Å². The fourth-order valence-corrected chi connectivity index (χ4v) is 2.15. The lowest BCUT2D eigenvalue weighted by molar-refractivity contribution is -0.393. The summed E-state index contributed by atoms with van der Waals surface area (Å²) < 4.78 is 0. The maximum absolute atomic E-state index is 12.2. The number of para-hydroxylation sites is 1. The van der Waals surface area contributed by atoms with Gasteiger partial charge < -0.3 is 5.32 Å². The normalized spacial score (nSPS) is 10.2. The maximum Gasteiger partial charge on any atom is 0.295 e. The van der Waals surface area contributed by atoms with Crippen molar-refractivity contribution in [3.05, 3.63) is 72.8 Å². The van der Waals surface area contributed by atoms with Gasteiger partial charge in [0.25, 0.3) is 17.3 Å². The van der Waals surface area contributed by atoms with Crippen LogP contribution in [0.5, 0.6) is 0 Å². The quantitative estimate of drug-likeness (QED) is 0.675. The summed E-state index contributed by atoms with van der Waals surface area (Å²) >= 11 is 5.65. The molecule has 0 saturated carbocycles. The lowest BCUT2D eigenvalue weighted by Gasteiger charge is -2.08. The Labute approximate surface area is 135 Å². The smallest absolute Gasteiger partial charge is 0.295 e. The van der Waals surface area contributed by atoms with Crippen molar-refractivity contribution in [2.75, 3.05) is 5.32 Å². The van der Waals surface area contributed by atoms with Crippen LogP contribution in [-0.4, -0.2) is 15.8 Å². The summed E-state index contributed by atoms with van der Waals surface area (Å²) in [7, 11) is 0. The third-order valence-corrected chi connectivity index (χ3v) is 3.47. The van der Waals surface area contributed by atoms with Crippen LogP contribution in [0.15, 0.2) is 36.4 Å². The van der Waals surface area contributed by atoms with E-state index >= 15 is 0 Å². The molecule has 9 heteroatoms. The predicted molar refractivity (Wildman–Crippen MR) is 83.9 cm³/mol. The van der Waals surface area contributed by atoms with Crippen LogP contribution in [0.2, 0.25) is 5.02 Å². The Morgan fingerprint density at radius 2 is 1.61 bits per heavy atom. The van der Waals surface area contributed by atoms with E-state index in [1.54, 1.807) is 31.2 Å². The summed E-state index contributed by atoms with van der Waals surface area (Å²) in [6.45, 7) is 1.77. The van der Waals surface area contributed by atoms with Gasteiger partial charge in [0.1, 0.15) is 0 Å². The van der Waals surface area contributed by atoms with E-state index in [0.717, 1.165) is 17.7 Å². The molecular formula is C14H10ClN3O5. The number of nitrogens with zero attached hydrogens (tertiary/aromatic N) is 2. The average molecular weight is 336 g/mol. The van der Waals surface area contributed by atoms with Crippen LogP contribution in [-0.2, 0) is 0 Å². The number of amides is 1. The molecular weight excluding hydrogens is 326 g/mol. The Kier molecular flexibility index (Phi) is 4.56. The number of hydrogen-bond acceptors (Lipinski definition) is 5. The highest BCUT2D eigenvalue weighted by molar-refractivity contribution is 6.35. The van der Waals surface area contributed by atoms with Crippen molar-refractivity contribution in [1.82, 2.24) is 0 Å². The number of carbonyl (C=O) groups is 1. The Bertz CT molecular complexity index is 787. The second-order valence-corrected chi connectivity index (χ2v) is 4.99. The molecule has 23 heavy (non-hydrogen) atoms. The Hall–Kier alpha value is -3.00. The zero-order valence-electron chi connectivity index (χ0n) is 11.8. The third-order valence-electron chi connectivity index (χ3n) is 3.08. The molecule has 118 valence electrons. The van der Waals surface area contributed by atoms with E-state index in [9.17, 15) is 25.0 Å². The number of rotatable bonds is 4. The second kappa shape index (κ2) is 6.41. The van der Waals surface area contributed by atoms with Crippen molar-refractivity contribution in [2.45, 2.75) is 6.92 Å². The third kappa shape index (κ3) is 3.43. The van der Waals surface area contributed by atoms with Crippen LogP contribution >= 0.6 is 11.6 Å². The van der Waals surface area contributed by atoms with Gasteiger partial charge in [-0.05, 0) is 18.6 Å². The first kappa shape index (κ1) is 16.4. The SMILES string of the molecule is Cc1ccccc1NC(=O)c1cc([N+](=O)[O-])c(Cl)c([N+](=O)[O-])c1. The molecule has 2 aromatic carbocycles. The standard InChI is InChI=1S/C14H10ClN3O5/c1-8-4-2-3-5-10(8)16-14(19)9-6-11(17(20)21)13(15)12(7-9)18(22)23/h2-7H,1H3,(H,16,19). The minimum atomic E-state index is -0.875. The van der Waals surface area contributed by atoms with E-state index in [1.807, 2.05) is 0 Å². The van der Waals surface area contributed by atoms with Gasteiger partial charge in [-0.1, -0.05) is 29.8 Å². The second-order valence-electron chi connectivity index (χ2n) is 4.61. The number of anilines is 1. The molecule has 0 aliphatic heterocycles. The monoisotopic (exact) mass is 335 g/mol. The Morgan fingerprint density at radius 3 is 2.09 bits per heavy atom. The van der Waals surface area contributed by atoms with Gasteiger partial charge in [0, 0.05) is 17.8 Å². The summed E-state index contributed by atoms with van der Waals surface area (Å²) in [5.41, 5.74) is -0.348. The van der Waals surface area contributed by atoms with E-state index < -0.39 is 32.2 Å². The predicted octanol–water partition coefficient (Wildman–Crippen LogP) is 3.72. The van der Waals surface area contributed by atoms with Crippen LogP contribution in [0.25, 0.3) is 0 Å². The van der Waals surface area contributed by atoms with Crippen LogP contribution in [0.4, 0.5) is 17.1 Å². The first-order chi connectivity index (χ1) is 10.8.